The molecule has 0 radical (unpaired) electrons. The zero-order valence-corrected chi connectivity index (χ0v) is 19.8. The van der Waals surface area contributed by atoms with Crippen molar-refractivity contribution in [2.75, 3.05) is 19.5 Å². The largest absolute Gasteiger partial charge is 0.497 e. The van der Waals surface area contributed by atoms with Crippen LogP contribution in [0.3, 0.4) is 0 Å². The number of nitrogens with one attached hydrogen (secondary N) is 1. The van der Waals surface area contributed by atoms with Crippen molar-refractivity contribution < 1.29 is 18.8 Å². The molecule has 0 unspecified atom stereocenters. The van der Waals surface area contributed by atoms with Crippen LogP contribution in [0.25, 0.3) is 16.7 Å². The second-order valence-electron chi connectivity index (χ2n) is 8.76. The number of amides is 1. The van der Waals surface area contributed by atoms with Crippen molar-refractivity contribution in [1.82, 2.24) is 14.7 Å². The van der Waals surface area contributed by atoms with Gasteiger partial charge in [-0.15, -0.1) is 0 Å². The second-order valence-corrected chi connectivity index (χ2v) is 8.76. The zero-order chi connectivity index (χ0) is 24.5. The summed E-state index contributed by atoms with van der Waals surface area (Å²) < 4.78 is 14.3. The summed E-state index contributed by atoms with van der Waals surface area (Å²) in [6.07, 6.45) is 3.47. The Balaban J connectivity index is 1.59. The van der Waals surface area contributed by atoms with E-state index < -0.39 is 0 Å². The quantitative estimate of drug-likeness (QED) is 0.327. The first-order valence-electron chi connectivity index (χ1n) is 11.6. The van der Waals surface area contributed by atoms with Crippen LogP contribution < -0.4 is 25.9 Å². The summed E-state index contributed by atoms with van der Waals surface area (Å²) in [6.45, 7) is 3.31. The fraction of sp³-hybridized carbons (Fsp3) is 0.308. The minimum Gasteiger partial charge on any atom is -0.497 e. The summed E-state index contributed by atoms with van der Waals surface area (Å²) in [5, 5.41) is 3.24. The van der Waals surface area contributed by atoms with Crippen molar-refractivity contribution >= 4 is 28.4 Å². The van der Waals surface area contributed by atoms with Gasteiger partial charge in [-0.3, -0.25) is 14.0 Å². The molecule has 0 saturated carbocycles. The van der Waals surface area contributed by atoms with Gasteiger partial charge in [-0.1, -0.05) is 23.2 Å². The van der Waals surface area contributed by atoms with Gasteiger partial charge >= 0.3 is 0 Å². The molecule has 0 bridgehead atoms. The number of hydrogen-bond donors (Lipinski definition) is 2. The number of methoxy groups -OCH3 is 1. The van der Waals surface area contributed by atoms with Crippen LogP contribution in [-0.2, 0) is 17.8 Å². The average Bonchev–Trinajstić information content (AvgIpc) is 3.39. The summed E-state index contributed by atoms with van der Waals surface area (Å²) in [6, 6.07) is 12.7. The highest BCUT2D eigenvalue weighted by molar-refractivity contribution is 6.00. The van der Waals surface area contributed by atoms with Crippen LogP contribution in [0.1, 0.15) is 34.3 Å². The smallest absolute Gasteiger partial charge is 0.278 e. The third-order valence-electron chi connectivity index (χ3n) is 6.44. The number of hydrogen-bond acceptors (Lipinski definition) is 6. The standard InChI is InChI=1S/C26H27N5O4/c1-16-5-3-11-30-23(16)29-24-21(26(30)33)13-20(22(27)31(24)15-19-6-4-12-35-19)25(32)28-14-17-7-9-18(34-2)10-8-17/h3,5,7-11,13,19,27H,4,6,12,14-15H2,1-2H3,(H,28,32)/p+1/t19-/m0/s1. The lowest BCUT2D eigenvalue weighted by Crippen LogP contribution is -2.46. The number of rotatable bonds is 6. The van der Waals surface area contributed by atoms with Crippen molar-refractivity contribution in [2.45, 2.75) is 39.0 Å². The van der Waals surface area contributed by atoms with E-state index in [0.717, 1.165) is 29.7 Å². The lowest BCUT2D eigenvalue weighted by atomic mass is 10.1. The van der Waals surface area contributed by atoms with Gasteiger partial charge in [0.05, 0.1) is 19.8 Å². The number of fused-ring (bicyclic) bond motifs is 2. The van der Waals surface area contributed by atoms with Crippen LogP contribution in [0.2, 0.25) is 0 Å². The van der Waals surface area contributed by atoms with Gasteiger partial charge in [0, 0.05) is 24.9 Å². The second kappa shape index (κ2) is 9.34. The first-order valence-corrected chi connectivity index (χ1v) is 11.6. The molecule has 0 spiro atoms. The van der Waals surface area contributed by atoms with Crippen molar-refractivity contribution in [3.05, 3.63) is 75.7 Å². The van der Waals surface area contributed by atoms with Crippen LogP contribution >= 0.6 is 0 Å². The van der Waals surface area contributed by atoms with E-state index in [1.165, 1.54) is 4.40 Å². The van der Waals surface area contributed by atoms with Gasteiger partial charge in [0.2, 0.25) is 11.5 Å². The maximum Gasteiger partial charge on any atom is 0.278 e. The van der Waals surface area contributed by atoms with Crippen LogP contribution in [0.15, 0.2) is 53.5 Å². The molecular formula is C26H28N5O4+. The molecule has 4 heterocycles. The summed E-state index contributed by atoms with van der Waals surface area (Å²) >= 11 is 0. The Morgan fingerprint density at radius 3 is 2.83 bits per heavy atom. The minimum atomic E-state index is -0.366. The highest BCUT2D eigenvalue weighted by atomic mass is 16.5. The Morgan fingerprint density at radius 2 is 2.11 bits per heavy atom. The molecule has 1 amide bonds. The van der Waals surface area contributed by atoms with Crippen LogP contribution in [0.5, 0.6) is 5.75 Å². The molecule has 1 aromatic carbocycles. The zero-order valence-electron chi connectivity index (χ0n) is 19.8. The third-order valence-corrected chi connectivity index (χ3v) is 6.44. The number of nitrogen functional groups attached to an aromatic ring is 1. The number of ether oxygens (including phenoxy) is 2. The Kier molecular flexibility index (Phi) is 6.08. The van der Waals surface area contributed by atoms with Gasteiger partial charge in [0.1, 0.15) is 16.7 Å². The van der Waals surface area contributed by atoms with Gasteiger partial charge in [0.25, 0.3) is 17.1 Å². The Hall–Kier alpha value is -3.98. The number of pyridine rings is 2. The SMILES string of the molecule is COc1ccc(CNC(=O)c2cc3c(=O)n4cccc(C)c4nc3[n+](C[C@@H]3CCCO3)c2N)cc1. The summed E-state index contributed by atoms with van der Waals surface area (Å²) in [5.41, 5.74) is 9.32. The number of aromatic nitrogens is 3. The van der Waals surface area contributed by atoms with E-state index in [9.17, 15) is 9.59 Å². The molecule has 3 aromatic heterocycles. The van der Waals surface area contributed by atoms with Crippen molar-refractivity contribution in [3.8, 4) is 5.75 Å². The van der Waals surface area contributed by atoms with E-state index in [4.69, 9.17) is 20.2 Å². The van der Waals surface area contributed by atoms with Crippen LogP contribution in [0.4, 0.5) is 5.82 Å². The lowest BCUT2D eigenvalue weighted by molar-refractivity contribution is -0.666. The number of carbonyl (C=O) groups is 1. The molecule has 1 saturated heterocycles. The van der Waals surface area contributed by atoms with E-state index in [1.807, 2.05) is 37.3 Å². The maximum atomic E-state index is 13.4. The molecule has 1 aliphatic rings. The molecule has 1 atom stereocenters. The average molecular weight is 475 g/mol. The maximum absolute atomic E-state index is 13.4. The van der Waals surface area contributed by atoms with Crippen molar-refractivity contribution in [1.29, 1.82) is 0 Å². The molecule has 180 valence electrons. The number of nitrogens with two attached hydrogens (primary N) is 1. The van der Waals surface area contributed by atoms with E-state index in [0.29, 0.717) is 36.4 Å². The fourth-order valence-corrected chi connectivity index (χ4v) is 4.49. The van der Waals surface area contributed by atoms with E-state index in [1.54, 1.807) is 30.0 Å². The molecule has 9 nitrogen and oxygen atoms in total. The summed E-state index contributed by atoms with van der Waals surface area (Å²) in [7, 11) is 1.60. The lowest BCUT2D eigenvalue weighted by Gasteiger charge is -2.15. The molecule has 9 heteroatoms. The molecule has 1 aliphatic heterocycles. The molecule has 3 N–H and O–H groups in total. The molecule has 0 aliphatic carbocycles. The number of anilines is 1. The Bertz CT molecular complexity index is 1470. The van der Waals surface area contributed by atoms with Gasteiger partial charge in [-0.2, -0.15) is 0 Å². The molecular weight excluding hydrogens is 446 g/mol. The minimum absolute atomic E-state index is 0.0553. The van der Waals surface area contributed by atoms with E-state index >= 15 is 0 Å². The number of nitrogens with zero attached hydrogens (tertiary/aromatic N) is 3. The Morgan fingerprint density at radius 1 is 1.31 bits per heavy atom. The highest BCUT2D eigenvalue weighted by Crippen LogP contribution is 2.19. The topological polar surface area (TPSA) is 112 Å². The van der Waals surface area contributed by atoms with Gasteiger partial charge in [-0.25, -0.2) is 4.57 Å². The van der Waals surface area contributed by atoms with Gasteiger partial charge < -0.3 is 20.5 Å². The van der Waals surface area contributed by atoms with Gasteiger partial charge in [0.15, 0.2) is 0 Å². The monoisotopic (exact) mass is 474 g/mol. The first-order chi connectivity index (χ1) is 17.0. The number of benzene rings is 1. The number of aryl methyl sites for hydroxylation is 1. The predicted molar refractivity (Wildman–Crippen MR) is 131 cm³/mol. The highest BCUT2D eigenvalue weighted by Gasteiger charge is 2.28. The molecule has 5 rings (SSSR count). The first kappa shape index (κ1) is 22.8. The van der Waals surface area contributed by atoms with Crippen molar-refractivity contribution in [3.63, 3.8) is 0 Å². The van der Waals surface area contributed by atoms with E-state index in [-0.39, 0.29) is 29.0 Å². The third kappa shape index (κ3) is 4.30. The van der Waals surface area contributed by atoms with Crippen LogP contribution in [-0.4, -0.2) is 35.1 Å². The van der Waals surface area contributed by atoms with E-state index in [2.05, 4.69) is 5.32 Å². The molecule has 35 heavy (non-hydrogen) atoms. The molecule has 4 aromatic rings. The predicted octanol–water partition coefficient (Wildman–Crippen LogP) is 2.14. The van der Waals surface area contributed by atoms with Crippen molar-refractivity contribution in [2.24, 2.45) is 0 Å². The normalized spacial score (nSPS) is 15.5. The Labute approximate surface area is 202 Å². The van der Waals surface area contributed by atoms with Gasteiger partial charge in [-0.05, 0) is 49.6 Å². The summed E-state index contributed by atoms with van der Waals surface area (Å²) in [5.74, 6) is 0.629. The molecule has 1 fully saturated rings. The summed E-state index contributed by atoms with van der Waals surface area (Å²) in [4.78, 5) is 31.5. The number of carbonyl (C=O) groups excluding carboxylic acids is 1. The van der Waals surface area contributed by atoms with Crippen LogP contribution in [0, 0.1) is 6.92 Å². The fourth-order valence-electron chi connectivity index (χ4n) is 4.49.